The molecule has 1 atom stereocenters. The molecule has 3 aromatic carbocycles. The van der Waals surface area contributed by atoms with Crippen molar-refractivity contribution in [2.75, 3.05) is 31.1 Å². The van der Waals surface area contributed by atoms with Gasteiger partial charge in [-0.25, -0.2) is 8.78 Å². The highest BCUT2D eigenvalue weighted by molar-refractivity contribution is 6.32. The molecular formula is C32H28ClF2N5O4. The van der Waals surface area contributed by atoms with Crippen molar-refractivity contribution in [3.8, 4) is 11.8 Å². The van der Waals surface area contributed by atoms with Gasteiger partial charge >= 0.3 is 0 Å². The minimum absolute atomic E-state index is 0.0490. The number of imide groups is 1. The van der Waals surface area contributed by atoms with Gasteiger partial charge in [0.25, 0.3) is 5.91 Å². The Labute approximate surface area is 257 Å². The van der Waals surface area contributed by atoms with Crippen molar-refractivity contribution in [1.29, 1.82) is 5.26 Å². The average Bonchev–Trinajstić information content (AvgIpc) is 3.35. The highest BCUT2D eigenvalue weighted by Gasteiger charge is 2.40. The fourth-order valence-corrected chi connectivity index (χ4v) is 6.13. The number of carbonyl (C=O) groups is 3. The Kier molecular flexibility index (Phi) is 8.21. The second-order valence-corrected chi connectivity index (χ2v) is 11.4. The van der Waals surface area contributed by atoms with Gasteiger partial charge in [-0.2, -0.15) is 5.26 Å². The van der Waals surface area contributed by atoms with Crippen LogP contribution in [0.15, 0.2) is 48.5 Å². The molecule has 2 saturated heterocycles. The number of halogens is 3. The first kappa shape index (κ1) is 29.5. The van der Waals surface area contributed by atoms with Gasteiger partial charge in [-0.05, 0) is 42.3 Å². The summed E-state index contributed by atoms with van der Waals surface area (Å²) in [6, 6.07) is 14.3. The summed E-state index contributed by atoms with van der Waals surface area (Å²) >= 11 is 6.00. The fourth-order valence-electron chi connectivity index (χ4n) is 5.93. The third kappa shape index (κ3) is 5.70. The van der Waals surface area contributed by atoms with Gasteiger partial charge in [0.15, 0.2) is 5.82 Å². The molecule has 2 fully saturated rings. The third-order valence-electron chi connectivity index (χ3n) is 8.34. The van der Waals surface area contributed by atoms with E-state index in [1.165, 1.54) is 17.0 Å². The van der Waals surface area contributed by atoms with E-state index in [0.29, 0.717) is 60.9 Å². The Bertz CT molecular complexity index is 1700. The quantitative estimate of drug-likeness (QED) is 0.396. The predicted molar refractivity (Wildman–Crippen MR) is 157 cm³/mol. The molecule has 226 valence electrons. The van der Waals surface area contributed by atoms with Crippen molar-refractivity contribution in [3.05, 3.63) is 93.0 Å². The number of fused-ring (bicyclic) bond motifs is 1. The van der Waals surface area contributed by atoms with Crippen LogP contribution in [0, 0.1) is 23.0 Å². The smallest absolute Gasteiger partial charge is 0.255 e. The Hall–Kier alpha value is -4.53. The molecule has 3 aliphatic heterocycles. The zero-order chi connectivity index (χ0) is 31.0. The molecular weight excluding hydrogens is 592 g/mol. The molecule has 0 aromatic heterocycles. The van der Waals surface area contributed by atoms with Gasteiger partial charge in [0.2, 0.25) is 11.8 Å². The Balaban J connectivity index is 1.05. The number of hydrogen-bond acceptors (Lipinski definition) is 7. The maximum atomic E-state index is 15.1. The number of piperazine rings is 1. The van der Waals surface area contributed by atoms with Crippen molar-refractivity contribution < 1.29 is 27.9 Å². The first-order valence-corrected chi connectivity index (χ1v) is 14.6. The molecule has 44 heavy (non-hydrogen) atoms. The number of anilines is 1. The van der Waals surface area contributed by atoms with Gasteiger partial charge < -0.3 is 14.5 Å². The summed E-state index contributed by atoms with van der Waals surface area (Å²) in [4.78, 5) is 42.4. The van der Waals surface area contributed by atoms with Gasteiger partial charge in [-0.15, -0.1) is 0 Å². The van der Waals surface area contributed by atoms with Crippen LogP contribution in [0.3, 0.4) is 0 Å². The standard InChI is InChI=1S/C32H28ClF2N5O4/c33-29-20(15-36)6-7-25(30(29)35)39-12-10-38(11-13-39)16-19-4-5-21(24(34)14-19)18-44-27-3-1-2-22-23(27)17-40(32(22)43)26-8-9-28(41)37-31(26)42/h1-7,14,26H,8-13,16-18H2,(H,37,41,42)/t26-/m0/s1. The molecule has 1 N–H and O–H groups in total. The summed E-state index contributed by atoms with van der Waals surface area (Å²) in [6.07, 6.45) is 0.428. The van der Waals surface area contributed by atoms with E-state index < -0.39 is 23.6 Å². The van der Waals surface area contributed by atoms with Crippen molar-refractivity contribution in [1.82, 2.24) is 15.1 Å². The van der Waals surface area contributed by atoms with Crippen LogP contribution in [0.1, 0.15) is 45.5 Å². The number of hydrogen-bond donors (Lipinski definition) is 1. The first-order chi connectivity index (χ1) is 21.2. The lowest BCUT2D eigenvalue weighted by Gasteiger charge is -2.36. The number of ether oxygens (including phenoxy) is 1. The Morgan fingerprint density at radius 2 is 1.84 bits per heavy atom. The number of nitrogens with one attached hydrogen (secondary N) is 1. The van der Waals surface area contributed by atoms with E-state index in [4.69, 9.17) is 21.6 Å². The molecule has 6 rings (SSSR count). The normalized spacial score (nSPS) is 18.7. The van der Waals surface area contributed by atoms with Gasteiger partial charge in [-0.3, -0.25) is 24.6 Å². The third-order valence-corrected chi connectivity index (χ3v) is 8.71. The average molecular weight is 620 g/mol. The van der Waals surface area contributed by atoms with Crippen LogP contribution in [-0.4, -0.2) is 59.7 Å². The van der Waals surface area contributed by atoms with E-state index in [2.05, 4.69) is 10.2 Å². The fraction of sp³-hybridized carbons (Fsp3) is 0.312. The Morgan fingerprint density at radius 1 is 1.05 bits per heavy atom. The maximum absolute atomic E-state index is 15.1. The zero-order valence-electron chi connectivity index (χ0n) is 23.6. The lowest BCUT2D eigenvalue weighted by molar-refractivity contribution is -0.136. The number of amides is 3. The van der Waals surface area contributed by atoms with Crippen LogP contribution in [0.2, 0.25) is 5.02 Å². The molecule has 3 aliphatic rings. The molecule has 3 heterocycles. The van der Waals surface area contributed by atoms with Gasteiger partial charge in [0, 0.05) is 55.8 Å². The minimum Gasteiger partial charge on any atom is -0.488 e. The predicted octanol–water partition coefficient (Wildman–Crippen LogP) is 4.15. The summed E-state index contributed by atoms with van der Waals surface area (Å²) in [7, 11) is 0. The van der Waals surface area contributed by atoms with Crippen LogP contribution < -0.4 is 15.0 Å². The van der Waals surface area contributed by atoms with Crippen molar-refractivity contribution in [2.24, 2.45) is 0 Å². The van der Waals surface area contributed by atoms with Gasteiger partial charge in [-0.1, -0.05) is 29.8 Å². The number of nitriles is 1. The second-order valence-electron chi connectivity index (χ2n) is 11.0. The Morgan fingerprint density at radius 3 is 2.57 bits per heavy atom. The molecule has 3 aromatic rings. The van der Waals surface area contributed by atoms with Crippen LogP contribution in [0.5, 0.6) is 5.75 Å². The largest absolute Gasteiger partial charge is 0.488 e. The molecule has 12 heteroatoms. The van der Waals surface area contributed by atoms with Gasteiger partial charge in [0.1, 0.15) is 30.3 Å². The van der Waals surface area contributed by atoms with E-state index in [0.717, 1.165) is 5.56 Å². The van der Waals surface area contributed by atoms with Crippen LogP contribution >= 0.6 is 11.6 Å². The monoisotopic (exact) mass is 619 g/mol. The topological polar surface area (TPSA) is 106 Å². The maximum Gasteiger partial charge on any atom is 0.255 e. The number of benzene rings is 3. The molecule has 0 aliphatic carbocycles. The number of carbonyl (C=O) groups excluding carboxylic acids is 3. The molecule has 0 saturated carbocycles. The van der Waals surface area contributed by atoms with E-state index in [-0.39, 0.29) is 48.4 Å². The molecule has 0 unspecified atom stereocenters. The van der Waals surface area contributed by atoms with Crippen LogP contribution in [0.25, 0.3) is 0 Å². The van der Waals surface area contributed by atoms with E-state index >= 15 is 4.39 Å². The molecule has 3 amide bonds. The SMILES string of the molecule is N#Cc1ccc(N2CCN(Cc3ccc(COc4cccc5c4CN([C@H]4CCC(=O)NC4=O)C5=O)c(F)c3)CC2)c(F)c1Cl. The van der Waals surface area contributed by atoms with Crippen molar-refractivity contribution >= 4 is 35.0 Å². The molecule has 0 radical (unpaired) electrons. The molecule has 0 bridgehead atoms. The summed E-state index contributed by atoms with van der Waals surface area (Å²) in [6.45, 7) is 3.01. The second kappa shape index (κ2) is 12.2. The highest BCUT2D eigenvalue weighted by atomic mass is 35.5. The van der Waals surface area contributed by atoms with Crippen molar-refractivity contribution in [3.63, 3.8) is 0 Å². The van der Waals surface area contributed by atoms with E-state index in [1.807, 2.05) is 17.0 Å². The van der Waals surface area contributed by atoms with E-state index in [1.54, 1.807) is 30.3 Å². The number of piperidine rings is 1. The highest BCUT2D eigenvalue weighted by Crippen LogP contribution is 2.34. The molecule has 9 nitrogen and oxygen atoms in total. The summed E-state index contributed by atoms with van der Waals surface area (Å²) in [5, 5.41) is 11.2. The lowest BCUT2D eigenvalue weighted by atomic mass is 10.0. The minimum atomic E-state index is -0.732. The number of nitrogens with zero attached hydrogens (tertiary/aromatic N) is 4. The zero-order valence-corrected chi connectivity index (χ0v) is 24.4. The molecule has 0 spiro atoms. The lowest BCUT2D eigenvalue weighted by Crippen LogP contribution is -2.52. The first-order valence-electron chi connectivity index (χ1n) is 14.3. The van der Waals surface area contributed by atoms with Crippen LogP contribution in [0.4, 0.5) is 14.5 Å². The van der Waals surface area contributed by atoms with Gasteiger partial charge in [0.05, 0.1) is 22.8 Å². The van der Waals surface area contributed by atoms with E-state index in [9.17, 15) is 18.8 Å². The van der Waals surface area contributed by atoms with Crippen molar-refractivity contribution in [2.45, 2.75) is 38.6 Å². The number of rotatable bonds is 7. The van der Waals surface area contributed by atoms with Crippen LogP contribution in [-0.2, 0) is 29.3 Å². The summed E-state index contributed by atoms with van der Waals surface area (Å²) < 4.78 is 35.8. The summed E-state index contributed by atoms with van der Waals surface area (Å²) in [5.41, 5.74) is 2.66. The summed E-state index contributed by atoms with van der Waals surface area (Å²) in [5.74, 6) is -1.72.